The number of hydrogen-bond donors (Lipinski definition) is 0. The van der Waals surface area contributed by atoms with E-state index < -0.39 is 34.8 Å². The number of nitro benzene ring substituents is 1. The summed E-state index contributed by atoms with van der Waals surface area (Å²) in [5.74, 6) is -1.68. The Morgan fingerprint density at radius 3 is 2.24 bits per heavy atom. The zero-order chi connectivity index (χ0) is 23.3. The first-order valence-electron chi connectivity index (χ1n) is 10.3. The number of aryl methyl sites for hydroxylation is 1. The van der Waals surface area contributed by atoms with Crippen molar-refractivity contribution in [3.8, 4) is 0 Å². The molecule has 2 saturated heterocycles. The fraction of sp³-hybridized carbons (Fsp3) is 0.167. The van der Waals surface area contributed by atoms with Crippen LogP contribution in [0.2, 0.25) is 5.02 Å². The van der Waals surface area contributed by atoms with Gasteiger partial charge in [0, 0.05) is 17.2 Å². The van der Waals surface area contributed by atoms with E-state index in [-0.39, 0.29) is 5.69 Å². The summed E-state index contributed by atoms with van der Waals surface area (Å²) >= 11 is 5.96. The molecule has 3 unspecified atom stereocenters. The predicted octanol–water partition coefficient (Wildman–Crippen LogP) is 4.61. The van der Waals surface area contributed by atoms with Crippen LogP contribution in [0.5, 0.6) is 0 Å². The molecule has 2 fully saturated rings. The second-order valence-corrected chi connectivity index (χ2v) is 8.38. The number of amides is 2. The summed E-state index contributed by atoms with van der Waals surface area (Å²) in [7, 11) is 0. The van der Waals surface area contributed by atoms with Crippen LogP contribution in [-0.2, 0) is 14.4 Å². The van der Waals surface area contributed by atoms with Gasteiger partial charge in [0.15, 0.2) is 6.10 Å². The molecular weight excluding hydrogens is 446 g/mol. The zero-order valence-corrected chi connectivity index (χ0v) is 18.2. The molecule has 0 aromatic heterocycles. The van der Waals surface area contributed by atoms with Gasteiger partial charge >= 0.3 is 0 Å². The van der Waals surface area contributed by atoms with Gasteiger partial charge in [0.1, 0.15) is 5.92 Å². The standard InChI is InChI=1S/C24H18ClN3O5/c1-14-4-2-3-5-19(14)27-21(15-6-10-18(11-7-15)28(31)32)20-22(33-27)24(30)26(23(20)29)17-12-8-16(25)9-13-17/h2-13,20-22H,1H3. The molecule has 0 aliphatic carbocycles. The maximum absolute atomic E-state index is 13.6. The number of carbonyl (C=O) groups excluding carboxylic acids is 2. The van der Waals surface area contributed by atoms with Crippen molar-refractivity contribution < 1.29 is 19.3 Å². The number of fused-ring (bicyclic) bond motifs is 1. The molecular formula is C24H18ClN3O5. The number of hydroxylamine groups is 1. The van der Waals surface area contributed by atoms with Crippen LogP contribution < -0.4 is 9.96 Å². The molecule has 3 aromatic rings. The number of rotatable bonds is 4. The van der Waals surface area contributed by atoms with Gasteiger partial charge in [-0.1, -0.05) is 41.9 Å². The van der Waals surface area contributed by atoms with Crippen LogP contribution in [0.25, 0.3) is 0 Å². The van der Waals surface area contributed by atoms with Gasteiger partial charge in [0.25, 0.3) is 11.6 Å². The molecule has 0 saturated carbocycles. The average molecular weight is 464 g/mol. The highest BCUT2D eigenvalue weighted by atomic mass is 35.5. The number of benzene rings is 3. The third-order valence-electron chi connectivity index (χ3n) is 6.00. The molecule has 3 atom stereocenters. The lowest BCUT2D eigenvalue weighted by atomic mass is 9.90. The van der Waals surface area contributed by atoms with E-state index in [1.165, 1.54) is 12.1 Å². The summed E-state index contributed by atoms with van der Waals surface area (Å²) in [5.41, 5.74) is 2.61. The van der Waals surface area contributed by atoms with Crippen molar-refractivity contribution in [3.05, 3.63) is 99.1 Å². The van der Waals surface area contributed by atoms with E-state index >= 15 is 0 Å². The number of hydrogen-bond acceptors (Lipinski definition) is 6. The number of nitro groups is 1. The minimum absolute atomic E-state index is 0.0618. The van der Waals surface area contributed by atoms with Gasteiger partial charge in [-0.25, -0.2) is 9.96 Å². The normalized spacial score (nSPS) is 22.1. The summed E-state index contributed by atoms with van der Waals surface area (Å²) < 4.78 is 0. The van der Waals surface area contributed by atoms with Crippen LogP contribution in [0.4, 0.5) is 17.1 Å². The number of nitrogens with zero attached hydrogens (tertiary/aromatic N) is 3. The van der Waals surface area contributed by atoms with Crippen molar-refractivity contribution in [3.63, 3.8) is 0 Å². The van der Waals surface area contributed by atoms with Gasteiger partial charge in [-0.15, -0.1) is 0 Å². The Balaban J connectivity index is 1.59. The quantitative estimate of drug-likeness (QED) is 0.319. The molecule has 166 valence electrons. The van der Waals surface area contributed by atoms with Gasteiger partial charge in [-0.2, -0.15) is 0 Å². The largest absolute Gasteiger partial charge is 0.273 e. The summed E-state index contributed by atoms with van der Waals surface area (Å²) in [6.45, 7) is 1.91. The van der Waals surface area contributed by atoms with Crippen molar-refractivity contribution in [1.82, 2.24) is 0 Å². The first-order chi connectivity index (χ1) is 15.9. The van der Waals surface area contributed by atoms with Gasteiger partial charge in [0.05, 0.1) is 22.3 Å². The highest BCUT2D eigenvalue weighted by Crippen LogP contribution is 2.48. The van der Waals surface area contributed by atoms with Crippen molar-refractivity contribution in [1.29, 1.82) is 0 Å². The van der Waals surface area contributed by atoms with E-state index in [0.717, 1.165) is 10.5 Å². The molecule has 2 aliphatic rings. The van der Waals surface area contributed by atoms with Gasteiger partial charge in [0.2, 0.25) is 5.91 Å². The molecule has 2 aliphatic heterocycles. The number of anilines is 2. The van der Waals surface area contributed by atoms with Crippen molar-refractivity contribution in [2.45, 2.75) is 19.1 Å². The lowest BCUT2D eigenvalue weighted by molar-refractivity contribution is -0.384. The molecule has 0 radical (unpaired) electrons. The first-order valence-corrected chi connectivity index (χ1v) is 10.6. The third kappa shape index (κ3) is 3.44. The van der Waals surface area contributed by atoms with Crippen LogP contribution >= 0.6 is 11.6 Å². The number of imide groups is 1. The van der Waals surface area contributed by atoms with Crippen LogP contribution in [0.15, 0.2) is 72.8 Å². The first kappa shape index (κ1) is 21.1. The lowest BCUT2D eigenvalue weighted by Crippen LogP contribution is -2.37. The van der Waals surface area contributed by atoms with Crippen LogP contribution in [0.3, 0.4) is 0 Å². The number of carbonyl (C=O) groups is 2. The van der Waals surface area contributed by atoms with Gasteiger partial charge in [-0.05, 0) is 48.4 Å². The van der Waals surface area contributed by atoms with E-state index in [2.05, 4.69) is 0 Å². The molecule has 3 aromatic carbocycles. The topological polar surface area (TPSA) is 93.0 Å². The van der Waals surface area contributed by atoms with Crippen LogP contribution in [0, 0.1) is 23.0 Å². The molecule has 0 N–H and O–H groups in total. The van der Waals surface area contributed by atoms with Crippen molar-refractivity contribution in [2.75, 3.05) is 9.96 Å². The molecule has 8 nitrogen and oxygen atoms in total. The Kier molecular flexibility index (Phi) is 5.11. The van der Waals surface area contributed by atoms with E-state index in [0.29, 0.717) is 22.0 Å². The predicted molar refractivity (Wildman–Crippen MR) is 122 cm³/mol. The maximum atomic E-state index is 13.6. The SMILES string of the molecule is Cc1ccccc1N1OC2C(=O)N(c3ccc(Cl)cc3)C(=O)C2C1c1ccc([N+](=O)[O-])cc1. The van der Waals surface area contributed by atoms with Crippen LogP contribution in [-0.4, -0.2) is 22.8 Å². The number of non-ortho nitro benzene ring substituents is 1. The minimum Gasteiger partial charge on any atom is -0.273 e. The average Bonchev–Trinajstić information content (AvgIpc) is 3.31. The zero-order valence-electron chi connectivity index (χ0n) is 17.4. The minimum atomic E-state index is -1.02. The molecule has 33 heavy (non-hydrogen) atoms. The smallest absolute Gasteiger partial charge is 0.269 e. The highest BCUT2D eigenvalue weighted by Gasteiger charge is 2.60. The fourth-order valence-electron chi connectivity index (χ4n) is 4.41. The highest BCUT2D eigenvalue weighted by molar-refractivity contribution is 6.31. The summed E-state index contributed by atoms with van der Waals surface area (Å²) in [4.78, 5) is 44.7. The second kappa shape index (κ2) is 7.99. The van der Waals surface area contributed by atoms with Gasteiger partial charge in [-0.3, -0.25) is 24.5 Å². The molecule has 0 spiro atoms. The summed E-state index contributed by atoms with van der Waals surface area (Å²) in [5, 5.41) is 13.2. The van der Waals surface area contributed by atoms with E-state index in [1.54, 1.807) is 41.5 Å². The Morgan fingerprint density at radius 1 is 0.939 bits per heavy atom. The van der Waals surface area contributed by atoms with E-state index in [4.69, 9.17) is 16.4 Å². The second-order valence-electron chi connectivity index (χ2n) is 7.95. The Labute approximate surface area is 194 Å². The Morgan fingerprint density at radius 2 is 1.61 bits per heavy atom. The molecule has 2 heterocycles. The van der Waals surface area contributed by atoms with E-state index in [9.17, 15) is 19.7 Å². The number of para-hydroxylation sites is 1. The number of halogens is 1. The van der Waals surface area contributed by atoms with Gasteiger partial charge < -0.3 is 0 Å². The Hall–Kier alpha value is -3.75. The van der Waals surface area contributed by atoms with Crippen LogP contribution in [0.1, 0.15) is 17.2 Å². The maximum Gasteiger partial charge on any atom is 0.269 e. The molecule has 5 rings (SSSR count). The molecule has 9 heteroatoms. The summed E-state index contributed by atoms with van der Waals surface area (Å²) in [6.07, 6.45) is -1.02. The molecule has 0 bridgehead atoms. The summed E-state index contributed by atoms with van der Waals surface area (Å²) in [6, 6.07) is 19.2. The fourth-order valence-corrected chi connectivity index (χ4v) is 4.54. The van der Waals surface area contributed by atoms with Crippen molar-refractivity contribution in [2.24, 2.45) is 5.92 Å². The third-order valence-corrected chi connectivity index (χ3v) is 6.25. The lowest BCUT2D eigenvalue weighted by Gasteiger charge is -2.29. The van der Waals surface area contributed by atoms with E-state index in [1.807, 2.05) is 31.2 Å². The monoisotopic (exact) mass is 463 g/mol. The van der Waals surface area contributed by atoms with Crippen molar-refractivity contribution >= 4 is 40.5 Å². The Bertz CT molecular complexity index is 1260. The molecule has 2 amide bonds.